The maximum Gasteiger partial charge on any atom is 0.251 e. The molecule has 0 spiro atoms. The van der Waals surface area contributed by atoms with Gasteiger partial charge < -0.3 is 4.52 Å². The molecule has 0 bridgehead atoms. The van der Waals surface area contributed by atoms with Crippen LogP contribution in [0.15, 0.2) is 35.1 Å². The Morgan fingerprint density at radius 1 is 1.30 bits per heavy atom. The monoisotopic (exact) mass is 290 g/mol. The quantitative estimate of drug-likeness (QED) is 0.730. The van der Waals surface area contributed by atoms with Crippen LogP contribution in [0.25, 0.3) is 0 Å². The minimum Gasteiger partial charge on any atom is -0.337 e. The van der Waals surface area contributed by atoms with Gasteiger partial charge in [0.15, 0.2) is 5.82 Å². The van der Waals surface area contributed by atoms with E-state index < -0.39 is 0 Å². The highest BCUT2D eigenvalue weighted by atomic mass is 35.5. The van der Waals surface area contributed by atoms with Crippen LogP contribution in [0.4, 0.5) is 0 Å². The molecule has 0 saturated heterocycles. The zero-order valence-electron chi connectivity index (χ0n) is 10.6. The maximum absolute atomic E-state index is 5.85. The molecule has 0 fully saturated rings. The van der Waals surface area contributed by atoms with E-state index >= 15 is 0 Å². The fraction of sp³-hybridized carbons (Fsp3) is 0.250. The number of benzene rings is 1. The third-order valence-corrected chi connectivity index (χ3v) is 3.13. The number of tetrazole rings is 1. The zero-order valence-corrected chi connectivity index (χ0v) is 11.4. The summed E-state index contributed by atoms with van der Waals surface area (Å²) >= 11 is 5.85. The molecular weight excluding hydrogens is 280 g/mol. The van der Waals surface area contributed by atoms with Crippen LogP contribution in [0.3, 0.4) is 0 Å². The molecule has 0 saturated carbocycles. The summed E-state index contributed by atoms with van der Waals surface area (Å²) in [6.45, 7) is 1.88. The summed E-state index contributed by atoms with van der Waals surface area (Å²) in [7, 11) is 0. The van der Waals surface area contributed by atoms with Crippen molar-refractivity contribution in [1.29, 1.82) is 0 Å². The maximum atomic E-state index is 5.85. The molecule has 3 rings (SSSR count). The lowest BCUT2D eigenvalue weighted by atomic mass is 10.1. The van der Waals surface area contributed by atoms with Crippen LogP contribution >= 0.6 is 11.6 Å². The Balaban J connectivity index is 1.75. The number of hydrogen-bond acceptors (Lipinski definition) is 6. The molecule has 1 unspecified atom stereocenters. The van der Waals surface area contributed by atoms with Crippen LogP contribution in [0, 0.1) is 0 Å². The van der Waals surface area contributed by atoms with Gasteiger partial charge in [-0.15, -0.1) is 5.10 Å². The highest BCUT2D eigenvalue weighted by molar-refractivity contribution is 6.30. The van der Waals surface area contributed by atoms with Crippen LogP contribution in [0.1, 0.15) is 30.2 Å². The van der Waals surface area contributed by atoms with E-state index in [2.05, 4.69) is 25.7 Å². The second-order valence-electron chi connectivity index (χ2n) is 4.32. The topological polar surface area (TPSA) is 82.5 Å². The molecule has 2 aromatic heterocycles. The first-order chi connectivity index (χ1) is 9.72. The summed E-state index contributed by atoms with van der Waals surface area (Å²) in [5.41, 5.74) is 1.07. The highest BCUT2D eigenvalue weighted by Crippen LogP contribution is 2.16. The summed E-state index contributed by atoms with van der Waals surface area (Å²) < 4.78 is 6.80. The van der Waals surface area contributed by atoms with Gasteiger partial charge in [0.2, 0.25) is 0 Å². The van der Waals surface area contributed by atoms with E-state index in [1.807, 2.05) is 31.2 Å². The number of aromatic nitrogens is 6. The van der Waals surface area contributed by atoms with Gasteiger partial charge in [-0.25, -0.2) is 4.68 Å². The number of rotatable bonds is 4. The molecule has 1 aromatic carbocycles. The molecule has 1 atom stereocenters. The summed E-state index contributed by atoms with van der Waals surface area (Å²) in [4.78, 5) is 4.36. The minimum atomic E-state index is -0.198. The van der Waals surface area contributed by atoms with Crippen LogP contribution in [0.2, 0.25) is 5.02 Å². The lowest BCUT2D eigenvalue weighted by Gasteiger charge is -2.03. The van der Waals surface area contributed by atoms with Crippen molar-refractivity contribution in [2.45, 2.75) is 19.4 Å². The van der Waals surface area contributed by atoms with Crippen molar-refractivity contribution in [2.24, 2.45) is 0 Å². The summed E-state index contributed by atoms with van der Waals surface area (Å²) in [6.07, 6.45) is 2.09. The van der Waals surface area contributed by atoms with Crippen molar-refractivity contribution in [2.75, 3.05) is 0 Å². The molecule has 0 N–H and O–H groups in total. The van der Waals surface area contributed by atoms with Gasteiger partial charge in [-0.2, -0.15) is 4.98 Å². The summed E-state index contributed by atoms with van der Waals surface area (Å²) in [5.74, 6) is 1.09. The second kappa shape index (κ2) is 5.38. The lowest BCUT2D eigenvalue weighted by molar-refractivity contribution is 0.331. The SMILES string of the molecule is CC(c1nc(Cc2ccc(Cl)cc2)no1)n1cnnn1. The summed E-state index contributed by atoms with van der Waals surface area (Å²) in [5, 5.41) is 15.6. The van der Waals surface area contributed by atoms with E-state index in [-0.39, 0.29) is 6.04 Å². The number of hydrogen-bond donors (Lipinski definition) is 0. The Bertz CT molecular complexity index is 678. The van der Waals surface area contributed by atoms with E-state index in [4.69, 9.17) is 16.1 Å². The Morgan fingerprint density at radius 3 is 2.80 bits per heavy atom. The van der Waals surface area contributed by atoms with E-state index in [1.54, 1.807) is 4.68 Å². The molecular formula is C12H11ClN6O. The van der Waals surface area contributed by atoms with Crippen molar-refractivity contribution in [3.63, 3.8) is 0 Å². The molecule has 8 heteroatoms. The Morgan fingerprint density at radius 2 is 2.10 bits per heavy atom. The third kappa shape index (κ3) is 2.67. The second-order valence-corrected chi connectivity index (χ2v) is 4.75. The van der Waals surface area contributed by atoms with E-state index in [9.17, 15) is 0 Å². The van der Waals surface area contributed by atoms with Gasteiger partial charge in [0.25, 0.3) is 5.89 Å². The Kier molecular flexibility index (Phi) is 3.42. The number of nitrogens with zero attached hydrogens (tertiary/aromatic N) is 6. The van der Waals surface area contributed by atoms with Gasteiger partial charge in [-0.1, -0.05) is 28.9 Å². The molecule has 20 heavy (non-hydrogen) atoms. The van der Waals surface area contributed by atoms with E-state index in [0.29, 0.717) is 23.2 Å². The van der Waals surface area contributed by atoms with Crippen molar-refractivity contribution >= 4 is 11.6 Å². The molecule has 2 heterocycles. The van der Waals surface area contributed by atoms with Crippen LogP contribution < -0.4 is 0 Å². The van der Waals surface area contributed by atoms with E-state index in [0.717, 1.165) is 5.56 Å². The first-order valence-corrected chi connectivity index (χ1v) is 6.39. The van der Waals surface area contributed by atoms with Gasteiger partial charge in [0.05, 0.1) is 0 Å². The van der Waals surface area contributed by atoms with Crippen molar-refractivity contribution in [1.82, 2.24) is 30.3 Å². The third-order valence-electron chi connectivity index (χ3n) is 2.88. The van der Waals surface area contributed by atoms with Crippen molar-refractivity contribution in [3.05, 3.63) is 52.9 Å². The standard InChI is InChI=1S/C12H11ClN6O/c1-8(19-7-14-17-18-19)12-15-11(16-20-12)6-9-2-4-10(13)5-3-9/h2-5,7-8H,6H2,1H3. The van der Waals surface area contributed by atoms with E-state index in [1.165, 1.54) is 6.33 Å². The molecule has 0 amide bonds. The first-order valence-electron chi connectivity index (χ1n) is 6.02. The van der Waals surface area contributed by atoms with Gasteiger partial charge in [0.1, 0.15) is 12.4 Å². The van der Waals surface area contributed by atoms with Crippen molar-refractivity contribution < 1.29 is 4.52 Å². The van der Waals surface area contributed by atoms with Crippen LogP contribution in [-0.4, -0.2) is 30.3 Å². The Labute approximate surface area is 119 Å². The normalized spacial score (nSPS) is 12.5. The fourth-order valence-electron chi connectivity index (χ4n) is 1.75. The molecule has 0 aliphatic rings. The average molecular weight is 291 g/mol. The minimum absolute atomic E-state index is 0.198. The van der Waals surface area contributed by atoms with Gasteiger partial charge in [-0.3, -0.25) is 0 Å². The van der Waals surface area contributed by atoms with Crippen LogP contribution in [0.5, 0.6) is 0 Å². The average Bonchev–Trinajstić information content (AvgIpc) is 3.12. The summed E-state index contributed by atoms with van der Waals surface area (Å²) in [6, 6.07) is 7.34. The fourth-order valence-corrected chi connectivity index (χ4v) is 1.88. The molecule has 102 valence electrons. The van der Waals surface area contributed by atoms with Gasteiger partial charge in [0, 0.05) is 11.4 Å². The first kappa shape index (κ1) is 12.7. The van der Waals surface area contributed by atoms with Gasteiger partial charge in [-0.05, 0) is 35.0 Å². The van der Waals surface area contributed by atoms with Gasteiger partial charge >= 0.3 is 0 Å². The highest BCUT2D eigenvalue weighted by Gasteiger charge is 2.17. The predicted molar refractivity (Wildman–Crippen MR) is 70.2 cm³/mol. The molecule has 3 aromatic rings. The van der Waals surface area contributed by atoms with Crippen LogP contribution in [-0.2, 0) is 6.42 Å². The molecule has 0 aliphatic carbocycles. The smallest absolute Gasteiger partial charge is 0.251 e. The molecule has 0 aliphatic heterocycles. The van der Waals surface area contributed by atoms with Crippen molar-refractivity contribution in [3.8, 4) is 0 Å². The molecule has 0 radical (unpaired) electrons. The Hall–Kier alpha value is -2.28. The molecule has 7 nitrogen and oxygen atoms in total. The zero-order chi connectivity index (χ0) is 13.9. The largest absolute Gasteiger partial charge is 0.337 e. The lowest BCUT2D eigenvalue weighted by Crippen LogP contribution is -2.08. The predicted octanol–water partition coefficient (Wildman–Crippen LogP) is 1.91. The number of halogens is 1.